The number of carbonyl (C=O) groups is 2. The maximum absolute atomic E-state index is 13.7. The number of carbonyl (C=O) groups excluding carboxylic acids is 1. The molecule has 1 fully saturated rings. The van der Waals surface area contributed by atoms with E-state index in [9.17, 15) is 9.59 Å². The van der Waals surface area contributed by atoms with Crippen molar-refractivity contribution >= 4 is 11.9 Å². The number of nitrogens with zero attached hydrogens (tertiary/aromatic N) is 2. The molecule has 5 nitrogen and oxygen atoms in total. The van der Waals surface area contributed by atoms with E-state index in [1.54, 1.807) is 18.1 Å². The van der Waals surface area contributed by atoms with Crippen LogP contribution in [0.25, 0.3) is 0 Å². The van der Waals surface area contributed by atoms with E-state index < -0.39 is 5.97 Å². The molecule has 240 valence electrons. The first-order valence-electron chi connectivity index (χ1n) is 16.7. The summed E-state index contributed by atoms with van der Waals surface area (Å²) in [5.41, 5.74) is 7.25. The molecule has 2 aromatic carbocycles. The molecule has 1 N–H and O–H groups in total. The monoisotopic (exact) mass is 592 g/mol. The number of carboxylic acids is 1. The Bertz CT molecular complexity index is 1150. The molecular weight excluding hydrogens is 532 g/mol. The second-order valence-electron chi connectivity index (χ2n) is 13.7. The van der Waals surface area contributed by atoms with E-state index in [0.717, 1.165) is 39.0 Å². The van der Waals surface area contributed by atoms with Crippen LogP contribution in [0, 0.1) is 25.7 Å². The molecule has 1 amide bonds. The summed E-state index contributed by atoms with van der Waals surface area (Å²) in [6.07, 6.45) is 7.50. The summed E-state index contributed by atoms with van der Waals surface area (Å²) in [7, 11) is 0. The minimum atomic E-state index is -0.745. The van der Waals surface area contributed by atoms with Crippen LogP contribution in [0.5, 0.6) is 0 Å². The zero-order valence-electron chi connectivity index (χ0n) is 28.7. The molecule has 4 rings (SSSR count). The van der Waals surface area contributed by atoms with Crippen molar-refractivity contribution in [1.29, 1.82) is 0 Å². The highest BCUT2D eigenvalue weighted by molar-refractivity contribution is 5.80. The maximum atomic E-state index is 13.7. The highest BCUT2D eigenvalue weighted by atomic mass is 16.4. The molecule has 1 heterocycles. The van der Waals surface area contributed by atoms with Gasteiger partial charge in [-0.2, -0.15) is 0 Å². The van der Waals surface area contributed by atoms with Gasteiger partial charge < -0.3 is 10.0 Å². The number of likely N-dealkylation sites (tertiary alicyclic amines) is 1. The third kappa shape index (κ3) is 11.7. The molecule has 3 unspecified atom stereocenters. The van der Waals surface area contributed by atoms with Gasteiger partial charge in [0.1, 0.15) is 0 Å². The first-order chi connectivity index (χ1) is 20.3. The summed E-state index contributed by atoms with van der Waals surface area (Å²) >= 11 is 0. The van der Waals surface area contributed by atoms with Crippen LogP contribution in [0.3, 0.4) is 0 Å². The van der Waals surface area contributed by atoms with Crippen molar-refractivity contribution in [2.24, 2.45) is 11.8 Å². The van der Waals surface area contributed by atoms with Gasteiger partial charge in [0.05, 0.1) is 5.92 Å². The van der Waals surface area contributed by atoms with Gasteiger partial charge in [-0.1, -0.05) is 87.7 Å². The second-order valence-corrected chi connectivity index (χ2v) is 13.7. The number of rotatable bonds is 9. The molecule has 2 aliphatic rings. The van der Waals surface area contributed by atoms with Gasteiger partial charge in [-0.3, -0.25) is 14.5 Å². The van der Waals surface area contributed by atoms with Crippen LogP contribution >= 0.6 is 0 Å². The van der Waals surface area contributed by atoms with E-state index in [0.29, 0.717) is 11.8 Å². The van der Waals surface area contributed by atoms with Crippen molar-refractivity contribution in [3.8, 4) is 0 Å². The molecule has 43 heavy (non-hydrogen) atoms. The fraction of sp³-hybridized carbons (Fsp3) is 0.632. The Kier molecular flexibility index (Phi) is 14.9. The largest absolute Gasteiger partial charge is 0.481 e. The number of carboxylic acid groups (broad SMARTS) is 1. The van der Waals surface area contributed by atoms with Gasteiger partial charge in [0.15, 0.2) is 0 Å². The van der Waals surface area contributed by atoms with Gasteiger partial charge in [-0.15, -0.1) is 0 Å². The van der Waals surface area contributed by atoms with Gasteiger partial charge in [0, 0.05) is 44.1 Å². The van der Waals surface area contributed by atoms with E-state index in [1.165, 1.54) is 42.4 Å². The Morgan fingerprint density at radius 2 is 1.60 bits per heavy atom. The van der Waals surface area contributed by atoms with Crippen molar-refractivity contribution < 1.29 is 14.7 Å². The standard InChI is InChI=1S/C25H42N2O.C10H12.C3H6O2/c1-8-14-26(15-13-19(3)9-2)24(28)23-18-27(25(5,6)7)17-22(23)21-12-10-11-20(4)16-21;1-8-5-6-9-3-2-4-10(9)7-8;1-2-3(4)5/h10-12,16,19,22-23H,8-9,13-15,17-18H2,1-7H3;5-7H,2-4H2,1H3;2H2,1H3,(H,4,5). The van der Waals surface area contributed by atoms with Crippen molar-refractivity contribution in [3.05, 3.63) is 70.3 Å². The number of hydrogen-bond acceptors (Lipinski definition) is 3. The normalized spacial score (nSPS) is 18.5. The fourth-order valence-corrected chi connectivity index (χ4v) is 5.96. The summed E-state index contributed by atoms with van der Waals surface area (Å²) in [4.78, 5) is 27.7. The van der Waals surface area contributed by atoms with Crippen LogP contribution in [-0.4, -0.2) is 58.5 Å². The van der Waals surface area contributed by atoms with Crippen molar-refractivity contribution in [2.45, 2.75) is 119 Å². The van der Waals surface area contributed by atoms with E-state index in [4.69, 9.17) is 5.11 Å². The third-order valence-electron chi connectivity index (χ3n) is 9.01. The second kappa shape index (κ2) is 17.6. The van der Waals surface area contributed by atoms with Crippen molar-refractivity contribution in [3.63, 3.8) is 0 Å². The maximum Gasteiger partial charge on any atom is 0.303 e. The lowest BCUT2D eigenvalue weighted by atomic mass is 9.87. The lowest BCUT2D eigenvalue weighted by Crippen LogP contribution is -2.42. The van der Waals surface area contributed by atoms with Gasteiger partial charge >= 0.3 is 5.97 Å². The summed E-state index contributed by atoms with van der Waals surface area (Å²) in [5.74, 6) is 0.641. The zero-order valence-corrected chi connectivity index (χ0v) is 28.7. The number of aryl methyl sites for hydroxylation is 4. The molecule has 1 aliphatic carbocycles. The average Bonchev–Trinajstić information content (AvgIpc) is 3.63. The quantitative estimate of drug-likeness (QED) is 0.317. The molecule has 0 spiro atoms. The zero-order chi connectivity index (χ0) is 32.2. The van der Waals surface area contributed by atoms with Gasteiger partial charge in [0.25, 0.3) is 0 Å². The van der Waals surface area contributed by atoms with E-state index in [-0.39, 0.29) is 23.8 Å². The number of benzene rings is 2. The first-order valence-corrected chi connectivity index (χ1v) is 16.7. The van der Waals surface area contributed by atoms with Crippen LogP contribution in [0.4, 0.5) is 0 Å². The van der Waals surface area contributed by atoms with Crippen molar-refractivity contribution in [1.82, 2.24) is 9.80 Å². The predicted molar refractivity (Wildman–Crippen MR) is 181 cm³/mol. The van der Waals surface area contributed by atoms with Gasteiger partial charge in [-0.25, -0.2) is 0 Å². The molecule has 0 bridgehead atoms. The Labute approximate surface area is 263 Å². The van der Waals surface area contributed by atoms with E-state index in [2.05, 4.69) is 108 Å². The molecule has 1 saturated heterocycles. The Morgan fingerprint density at radius 3 is 2.19 bits per heavy atom. The van der Waals surface area contributed by atoms with E-state index >= 15 is 0 Å². The highest BCUT2D eigenvalue weighted by Gasteiger charge is 2.43. The Balaban J connectivity index is 0.000000348. The lowest BCUT2D eigenvalue weighted by Gasteiger charge is -2.32. The molecule has 5 heteroatoms. The minimum Gasteiger partial charge on any atom is -0.481 e. The molecule has 0 aromatic heterocycles. The smallest absolute Gasteiger partial charge is 0.303 e. The van der Waals surface area contributed by atoms with Gasteiger partial charge in [0.2, 0.25) is 5.91 Å². The fourth-order valence-electron chi connectivity index (χ4n) is 5.96. The first kappa shape index (κ1) is 36.5. The van der Waals surface area contributed by atoms with Crippen LogP contribution in [0.1, 0.15) is 114 Å². The van der Waals surface area contributed by atoms with Crippen LogP contribution in [-0.2, 0) is 22.4 Å². The summed E-state index contributed by atoms with van der Waals surface area (Å²) in [5, 5.41) is 7.72. The van der Waals surface area contributed by atoms with Gasteiger partial charge in [-0.05, 0) is 89.3 Å². The van der Waals surface area contributed by atoms with Crippen molar-refractivity contribution in [2.75, 3.05) is 26.2 Å². The summed E-state index contributed by atoms with van der Waals surface area (Å²) in [6, 6.07) is 15.6. The third-order valence-corrected chi connectivity index (χ3v) is 9.01. The molecule has 2 aromatic rings. The molecule has 1 aliphatic heterocycles. The predicted octanol–water partition coefficient (Wildman–Crippen LogP) is 8.45. The molecule has 0 radical (unpaired) electrons. The number of aliphatic carboxylic acids is 1. The van der Waals surface area contributed by atoms with E-state index in [1.807, 2.05) is 0 Å². The lowest BCUT2D eigenvalue weighted by molar-refractivity contribution is -0.137. The minimum absolute atomic E-state index is 0.0597. The Hall–Kier alpha value is -2.66. The highest BCUT2D eigenvalue weighted by Crippen LogP contribution is 2.37. The molecule has 0 saturated carbocycles. The SMILES string of the molecule is CCC(=O)O.CCCN(CCC(C)CC)C(=O)C1CN(C(C)(C)C)CC1c1cccc(C)c1.Cc1ccc2c(c1)CCC2. The van der Waals surface area contributed by atoms with Crippen LogP contribution in [0.15, 0.2) is 42.5 Å². The summed E-state index contributed by atoms with van der Waals surface area (Å²) in [6.45, 7) is 23.0. The van der Waals surface area contributed by atoms with Crippen LogP contribution < -0.4 is 0 Å². The topological polar surface area (TPSA) is 60.9 Å². The Morgan fingerprint density at radius 1 is 0.953 bits per heavy atom. The number of hydrogen-bond donors (Lipinski definition) is 1. The average molecular weight is 593 g/mol. The number of fused-ring (bicyclic) bond motifs is 1. The summed E-state index contributed by atoms with van der Waals surface area (Å²) < 4.78 is 0. The van der Waals surface area contributed by atoms with Crippen LogP contribution in [0.2, 0.25) is 0 Å². The molecular formula is C38H60N2O3. The molecule has 3 atom stereocenters. The number of amides is 1.